The number of morpholine rings is 1. The number of hydrogen-bond donors (Lipinski definition) is 1. The molecule has 0 unspecified atom stereocenters. The van der Waals surface area contributed by atoms with Gasteiger partial charge in [-0.25, -0.2) is 4.39 Å². The Morgan fingerprint density at radius 3 is 2.88 bits per heavy atom. The van der Waals surface area contributed by atoms with Gasteiger partial charge in [-0.1, -0.05) is 12.1 Å². The molecular formula is C19H20FN3O2. The lowest BCUT2D eigenvalue weighted by Gasteiger charge is -2.32. The molecule has 1 N–H and O–H groups in total. The second kappa shape index (κ2) is 6.90. The van der Waals surface area contributed by atoms with E-state index in [0.717, 1.165) is 25.1 Å². The maximum absolute atomic E-state index is 13.0. The number of hydrogen-bond acceptors (Lipinski definition) is 4. The number of nitrogens with zero attached hydrogens (tertiary/aromatic N) is 2. The van der Waals surface area contributed by atoms with Crippen LogP contribution in [0.1, 0.15) is 12.0 Å². The zero-order valence-corrected chi connectivity index (χ0v) is 13.8. The average Bonchev–Trinajstić information content (AvgIpc) is 2.92. The molecule has 2 fully saturated rings. The SMILES string of the molecule is O=C(Nc1cccnc1)[C@H]1C[C@@H]2CN(Cc3ccc(F)cc3)C[C@H]1O2. The number of benzene rings is 1. The van der Waals surface area contributed by atoms with Crippen molar-refractivity contribution in [2.75, 3.05) is 18.4 Å². The van der Waals surface area contributed by atoms with Crippen molar-refractivity contribution in [3.05, 3.63) is 60.2 Å². The number of likely N-dealkylation sites (tertiary alicyclic amines) is 1. The molecular weight excluding hydrogens is 321 g/mol. The molecule has 4 rings (SSSR count). The fourth-order valence-corrected chi connectivity index (χ4v) is 3.66. The van der Waals surface area contributed by atoms with Gasteiger partial charge in [0.05, 0.1) is 30.0 Å². The molecule has 1 aromatic carbocycles. The van der Waals surface area contributed by atoms with Gasteiger partial charge in [-0.2, -0.15) is 0 Å². The summed E-state index contributed by atoms with van der Waals surface area (Å²) in [5, 5.41) is 2.93. The molecule has 1 amide bonds. The number of carbonyl (C=O) groups is 1. The second-order valence-corrected chi connectivity index (χ2v) is 6.69. The van der Waals surface area contributed by atoms with E-state index in [1.54, 1.807) is 30.6 Å². The fraction of sp³-hybridized carbons (Fsp3) is 0.368. The number of aromatic nitrogens is 1. The summed E-state index contributed by atoms with van der Waals surface area (Å²) in [6.45, 7) is 2.25. The molecule has 2 aliphatic rings. The van der Waals surface area contributed by atoms with E-state index in [1.165, 1.54) is 12.1 Å². The van der Waals surface area contributed by atoms with Gasteiger partial charge in [-0.15, -0.1) is 0 Å². The third-order valence-corrected chi connectivity index (χ3v) is 4.82. The Hall–Kier alpha value is -2.31. The molecule has 2 bridgehead atoms. The Morgan fingerprint density at radius 1 is 1.28 bits per heavy atom. The molecule has 3 atom stereocenters. The molecule has 0 aliphatic carbocycles. The number of rotatable bonds is 4. The Balaban J connectivity index is 1.38. The number of nitrogens with one attached hydrogen (secondary N) is 1. The first-order chi connectivity index (χ1) is 12.2. The molecule has 6 heteroatoms. The summed E-state index contributed by atoms with van der Waals surface area (Å²) in [6.07, 6.45) is 4.02. The van der Waals surface area contributed by atoms with E-state index in [0.29, 0.717) is 12.2 Å². The molecule has 2 saturated heterocycles. The van der Waals surface area contributed by atoms with Crippen molar-refractivity contribution in [2.24, 2.45) is 5.92 Å². The van der Waals surface area contributed by atoms with E-state index in [2.05, 4.69) is 15.2 Å². The highest BCUT2D eigenvalue weighted by atomic mass is 19.1. The highest BCUT2D eigenvalue weighted by Gasteiger charge is 2.44. The maximum atomic E-state index is 13.0. The van der Waals surface area contributed by atoms with Gasteiger partial charge in [0, 0.05) is 25.8 Å². The summed E-state index contributed by atoms with van der Waals surface area (Å²) in [5.41, 5.74) is 1.77. The molecule has 2 aromatic rings. The molecule has 3 heterocycles. The average molecular weight is 341 g/mol. The number of pyridine rings is 1. The zero-order chi connectivity index (χ0) is 17.2. The summed E-state index contributed by atoms with van der Waals surface area (Å²) in [5.74, 6) is -0.384. The topological polar surface area (TPSA) is 54.5 Å². The molecule has 130 valence electrons. The number of fused-ring (bicyclic) bond motifs is 2. The first-order valence-electron chi connectivity index (χ1n) is 8.50. The van der Waals surface area contributed by atoms with Gasteiger partial charge in [0.1, 0.15) is 5.82 Å². The van der Waals surface area contributed by atoms with Gasteiger partial charge in [-0.3, -0.25) is 14.7 Å². The smallest absolute Gasteiger partial charge is 0.230 e. The highest BCUT2D eigenvalue weighted by Crippen LogP contribution is 2.33. The van der Waals surface area contributed by atoms with Crippen LogP contribution in [0.2, 0.25) is 0 Å². The lowest BCUT2D eigenvalue weighted by atomic mass is 9.99. The summed E-state index contributed by atoms with van der Waals surface area (Å²) >= 11 is 0. The van der Waals surface area contributed by atoms with Crippen LogP contribution in [-0.2, 0) is 16.1 Å². The van der Waals surface area contributed by atoms with Crippen LogP contribution in [0.3, 0.4) is 0 Å². The Labute approximate surface area is 145 Å². The third-order valence-electron chi connectivity index (χ3n) is 4.82. The van der Waals surface area contributed by atoms with Crippen molar-refractivity contribution in [3.63, 3.8) is 0 Å². The van der Waals surface area contributed by atoms with Crippen LogP contribution in [0.4, 0.5) is 10.1 Å². The number of anilines is 1. The number of carbonyl (C=O) groups excluding carboxylic acids is 1. The number of ether oxygens (including phenoxy) is 1. The maximum Gasteiger partial charge on any atom is 0.230 e. The lowest BCUT2D eigenvalue weighted by Crippen LogP contribution is -2.44. The predicted molar refractivity (Wildman–Crippen MR) is 91.3 cm³/mol. The van der Waals surface area contributed by atoms with E-state index < -0.39 is 0 Å². The van der Waals surface area contributed by atoms with Crippen molar-refractivity contribution >= 4 is 11.6 Å². The van der Waals surface area contributed by atoms with E-state index in [-0.39, 0.29) is 29.9 Å². The zero-order valence-electron chi connectivity index (χ0n) is 13.8. The minimum atomic E-state index is -0.224. The molecule has 25 heavy (non-hydrogen) atoms. The number of amides is 1. The van der Waals surface area contributed by atoms with Crippen molar-refractivity contribution in [3.8, 4) is 0 Å². The molecule has 5 nitrogen and oxygen atoms in total. The van der Waals surface area contributed by atoms with Crippen LogP contribution in [0.5, 0.6) is 0 Å². The van der Waals surface area contributed by atoms with Crippen LogP contribution < -0.4 is 5.32 Å². The third kappa shape index (κ3) is 3.70. The van der Waals surface area contributed by atoms with Crippen LogP contribution >= 0.6 is 0 Å². The summed E-state index contributed by atoms with van der Waals surface area (Å²) in [7, 11) is 0. The minimum Gasteiger partial charge on any atom is -0.371 e. The normalized spacial score (nSPS) is 25.7. The van der Waals surface area contributed by atoms with E-state index in [1.807, 2.05) is 6.07 Å². The van der Waals surface area contributed by atoms with Crippen molar-refractivity contribution in [2.45, 2.75) is 25.2 Å². The Bertz CT molecular complexity index is 738. The first-order valence-corrected chi connectivity index (χ1v) is 8.50. The molecule has 0 saturated carbocycles. The molecule has 1 aromatic heterocycles. The van der Waals surface area contributed by atoms with Crippen LogP contribution in [0.15, 0.2) is 48.8 Å². The monoisotopic (exact) mass is 341 g/mol. The Morgan fingerprint density at radius 2 is 2.12 bits per heavy atom. The first kappa shape index (κ1) is 16.2. The highest BCUT2D eigenvalue weighted by molar-refractivity contribution is 5.93. The molecule has 0 spiro atoms. The Kier molecular flexibility index (Phi) is 4.46. The standard InChI is InChI=1S/C19H20FN3O2/c20-14-5-3-13(4-6-14)10-23-11-16-8-17(18(12-23)25-16)19(24)22-15-2-1-7-21-9-15/h1-7,9,16-18H,8,10-12H2,(H,22,24)/t16-,17+,18-/m1/s1. The molecule has 0 radical (unpaired) electrons. The quantitative estimate of drug-likeness (QED) is 0.928. The van der Waals surface area contributed by atoms with Crippen molar-refractivity contribution in [1.82, 2.24) is 9.88 Å². The summed E-state index contributed by atoms with van der Waals surface area (Å²) in [6, 6.07) is 10.2. The summed E-state index contributed by atoms with van der Waals surface area (Å²) in [4.78, 5) is 18.9. The van der Waals surface area contributed by atoms with Crippen LogP contribution in [0, 0.1) is 11.7 Å². The van der Waals surface area contributed by atoms with Gasteiger partial charge in [0.25, 0.3) is 0 Å². The van der Waals surface area contributed by atoms with Gasteiger partial charge in [0.2, 0.25) is 5.91 Å². The predicted octanol–water partition coefficient (Wildman–Crippen LogP) is 2.45. The van der Waals surface area contributed by atoms with Gasteiger partial charge < -0.3 is 10.1 Å². The fourth-order valence-electron chi connectivity index (χ4n) is 3.66. The van der Waals surface area contributed by atoms with Crippen LogP contribution in [-0.4, -0.2) is 41.1 Å². The van der Waals surface area contributed by atoms with Gasteiger partial charge in [0.15, 0.2) is 0 Å². The number of halogens is 1. The van der Waals surface area contributed by atoms with Crippen molar-refractivity contribution in [1.29, 1.82) is 0 Å². The van der Waals surface area contributed by atoms with E-state index in [9.17, 15) is 9.18 Å². The molecule has 2 aliphatic heterocycles. The minimum absolute atomic E-state index is 0.0101. The lowest BCUT2D eigenvalue weighted by molar-refractivity contribution is -0.123. The summed E-state index contributed by atoms with van der Waals surface area (Å²) < 4.78 is 19.0. The van der Waals surface area contributed by atoms with Gasteiger partial charge >= 0.3 is 0 Å². The van der Waals surface area contributed by atoms with Gasteiger partial charge in [-0.05, 0) is 36.2 Å². The van der Waals surface area contributed by atoms with Crippen LogP contribution in [0.25, 0.3) is 0 Å². The van der Waals surface area contributed by atoms with E-state index >= 15 is 0 Å². The van der Waals surface area contributed by atoms with E-state index in [4.69, 9.17) is 4.74 Å². The van der Waals surface area contributed by atoms with Crippen molar-refractivity contribution < 1.29 is 13.9 Å². The largest absolute Gasteiger partial charge is 0.371 e. The second-order valence-electron chi connectivity index (χ2n) is 6.69.